The Hall–Kier alpha value is -3.94. The summed E-state index contributed by atoms with van der Waals surface area (Å²) in [5, 5.41) is 22.1. The third kappa shape index (κ3) is 5.08. The number of hydrogen-bond donors (Lipinski definition) is 2. The van der Waals surface area contributed by atoms with Crippen LogP contribution in [0.1, 0.15) is 41.9 Å². The number of allylic oxidation sites excluding steroid dienone is 3. The van der Waals surface area contributed by atoms with Gasteiger partial charge in [-0.15, -0.1) is 10.2 Å². The van der Waals surface area contributed by atoms with Crippen LogP contribution >= 0.6 is 23.1 Å². The van der Waals surface area contributed by atoms with Gasteiger partial charge in [-0.2, -0.15) is 5.26 Å². The van der Waals surface area contributed by atoms with Gasteiger partial charge < -0.3 is 11.1 Å². The largest absolute Gasteiger partial charge is 0.384 e. The summed E-state index contributed by atoms with van der Waals surface area (Å²) in [5.41, 5.74) is 12.1. The van der Waals surface area contributed by atoms with Crippen molar-refractivity contribution in [1.82, 2.24) is 10.2 Å². The molecular weight excluding hydrogens is 516 g/mol. The summed E-state index contributed by atoms with van der Waals surface area (Å²) >= 11 is 2.55. The molecule has 10 heteroatoms. The molecule has 1 unspecified atom stereocenters. The van der Waals surface area contributed by atoms with E-state index in [1.54, 1.807) is 4.90 Å². The van der Waals surface area contributed by atoms with Crippen LogP contribution in [0, 0.1) is 25.2 Å². The van der Waals surface area contributed by atoms with E-state index in [9.17, 15) is 14.9 Å². The summed E-state index contributed by atoms with van der Waals surface area (Å²) in [7, 11) is 0. The van der Waals surface area contributed by atoms with Crippen LogP contribution in [0.2, 0.25) is 0 Å². The van der Waals surface area contributed by atoms with Gasteiger partial charge in [0.15, 0.2) is 10.1 Å². The van der Waals surface area contributed by atoms with E-state index in [-0.39, 0.29) is 23.3 Å². The second kappa shape index (κ2) is 10.8. The first-order valence-corrected chi connectivity index (χ1v) is 14.0. The van der Waals surface area contributed by atoms with Crippen molar-refractivity contribution in [2.45, 2.75) is 43.4 Å². The van der Waals surface area contributed by atoms with Crippen molar-refractivity contribution in [2.75, 3.05) is 16.0 Å². The van der Waals surface area contributed by atoms with Crippen molar-refractivity contribution in [1.29, 1.82) is 5.26 Å². The van der Waals surface area contributed by atoms with Crippen LogP contribution in [0.4, 0.5) is 10.8 Å². The SMILES string of the molecule is Cc1ccc(NC(=O)CSc2nnc(N3C(N)=C(C#N)C(c4cccc(C)c4)C4=C3CCCC4=O)s2)cc1. The van der Waals surface area contributed by atoms with Crippen molar-refractivity contribution in [3.63, 3.8) is 0 Å². The third-order valence-electron chi connectivity index (χ3n) is 6.54. The Labute approximate surface area is 229 Å². The molecule has 192 valence electrons. The molecule has 3 aromatic rings. The minimum absolute atomic E-state index is 0.0231. The van der Waals surface area contributed by atoms with Crippen molar-refractivity contribution in [3.05, 3.63) is 87.9 Å². The van der Waals surface area contributed by atoms with Crippen LogP contribution < -0.4 is 16.0 Å². The molecular formula is C28H26N6O2S2. The standard InChI is InChI=1S/C28H26N6O2S2/c1-16-9-11-19(12-10-16)31-23(36)15-37-28-33-32-27(38-28)34-21-7-4-8-22(35)25(21)24(20(14-29)26(34)30)18-6-3-5-17(2)13-18/h3,5-6,9-13,24H,4,7-8,15,30H2,1-2H3,(H,31,36). The number of aryl methyl sites for hydroxylation is 2. The van der Waals surface area contributed by atoms with E-state index in [0.29, 0.717) is 39.9 Å². The van der Waals surface area contributed by atoms with Gasteiger partial charge in [0.05, 0.1) is 23.3 Å². The van der Waals surface area contributed by atoms with Gasteiger partial charge in [-0.25, -0.2) is 0 Å². The van der Waals surface area contributed by atoms with Gasteiger partial charge in [0.1, 0.15) is 5.82 Å². The zero-order valence-electron chi connectivity index (χ0n) is 21.0. The first-order valence-electron chi connectivity index (χ1n) is 12.2. The molecule has 1 amide bonds. The molecule has 1 atom stereocenters. The summed E-state index contributed by atoms with van der Waals surface area (Å²) in [6.07, 6.45) is 1.77. The van der Waals surface area contributed by atoms with Crippen LogP contribution in [-0.4, -0.2) is 27.6 Å². The van der Waals surface area contributed by atoms with Crippen molar-refractivity contribution < 1.29 is 9.59 Å². The molecule has 1 aromatic heterocycles. The number of rotatable bonds is 6. The van der Waals surface area contributed by atoms with E-state index >= 15 is 0 Å². The number of carbonyl (C=O) groups is 2. The van der Waals surface area contributed by atoms with Crippen molar-refractivity contribution >= 4 is 45.6 Å². The number of nitrogens with two attached hydrogens (primary N) is 1. The number of nitrogens with zero attached hydrogens (tertiary/aromatic N) is 4. The van der Waals surface area contributed by atoms with Crippen LogP contribution in [0.25, 0.3) is 0 Å². The quantitative estimate of drug-likeness (QED) is 0.408. The summed E-state index contributed by atoms with van der Waals surface area (Å²) < 4.78 is 0.593. The number of hydrogen-bond acceptors (Lipinski definition) is 9. The van der Waals surface area contributed by atoms with Crippen LogP contribution in [0.15, 0.2) is 75.5 Å². The summed E-state index contributed by atoms with van der Waals surface area (Å²) in [6, 6.07) is 17.7. The Bertz CT molecular complexity index is 1520. The fraction of sp³-hybridized carbons (Fsp3) is 0.250. The number of ketones is 1. The molecule has 0 radical (unpaired) electrons. The van der Waals surface area contributed by atoms with Crippen LogP contribution in [0.3, 0.4) is 0 Å². The maximum absolute atomic E-state index is 13.3. The second-order valence-electron chi connectivity index (χ2n) is 9.28. The normalized spacial score (nSPS) is 17.3. The Morgan fingerprint density at radius 2 is 1.97 bits per heavy atom. The molecule has 0 spiro atoms. The number of anilines is 2. The van der Waals surface area contributed by atoms with Crippen molar-refractivity contribution in [3.8, 4) is 6.07 Å². The van der Waals surface area contributed by atoms with E-state index < -0.39 is 5.92 Å². The van der Waals surface area contributed by atoms with E-state index in [0.717, 1.165) is 28.1 Å². The highest BCUT2D eigenvalue weighted by Gasteiger charge is 2.41. The molecule has 38 heavy (non-hydrogen) atoms. The number of Topliss-reactive ketones (excluding diaryl/α,β-unsaturated/α-hetero) is 1. The van der Waals surface area contributed by atoms with Gasteiger partial charge in [-0.05, 0) is 44.4 Å². The summed E-state index contributed by atoms with van der Waals surface area (Å²) in [5.74, 6) is -0.207. The zero-order chi connectivity index (χ0) is 26.8. The monoisotopic (exact) mass is 542 g/mol. The lowest BCUT2D eigenvalue weighted by atomic mass is 9.75. The average Bonchev–Trinajstić information content (AvgIpc) is 3.37. The van der Waals surface area contributed by atoms with Gasteiger partial charge in [-0.3, -0.25) is 14.5 Å². The molecule has 8 nitrogen and oxygen atoms in total. The molecule has 3 N–H and O–H groups in total. The smallest absolute Gasteiger partial charge is 0.234 e. The van der Waals surface area contributed by atoms with E-state index in [1.807, 2.05) is 62.4 Å². The molecule has 0 saturated heterocycles. The number of carbonyl (C=O) groups excluding carboxylic acids is 2. The topological polar surface area (TPSA) is 125 Å². The first kappa shape index (κ1) is 25.7. The number of benzene rings is 2. The number of aromatic nitrogens is 2. The number of thioether (sulfide) groups is 1. The van der Waals surface area contributed by atoms with E-state index in [2.05, 4.69) is 21.6 Å². The predicted molar refractivity (Wildman–Crippen MR) is 150 cm³/mol. The second-order valence-corrected chi connectivity index (χ2v) is 11.5. The Morgan fingerprint density at radius 3 is 2.71 bits per heavy atom. The van der Waals surface area contributed by atoms with E-state index in [1.165, 1.54) is 23.1 Å². The van der Waals surface area contributed by atoms with Gasteiger partial charge in [0, 0.05) is 23.4 Å². The molecule has 1 aliphatic carbocycles. The third-order valence-corrected chi connectivity index (χ3v) is 8.58. The highest BCUT2D eigenvalue weighted by atomic mass is 32.2. The van der Waals surface area contributed by atoms with Gasteiger partial charge >= 0.3 is 0 Å². The highest BCUT2D eigenvalue weighted by Crippen LogP contribution is 2.47. The van der Waals surface area contributed by atoms with Gasteiger partial charge in [0.25, 0.3) is 0 Å². The highest BCUT2D eigenvalue weighted by molar-refractivity contribution is 8.01. The number of amides is 1. The van der Waals surface area contributed by atoms with Gasteiger partial charge in [-0.1, -0.05) is 70.6 Å². The Kier molecular flexibility index (Phi) is 7.31. The van der Waals surface area contributed by atoms with E-state index in [4.69, 9.17) is 5.73 Å². The molecule has 0 bridgehead atoms. The Morgan fingerprint density at radius 1 is 1.18 bits per heavy atom. The van der Waals surface area contributed by atoms with Crippen LogP contribution in [-0.2, 0) is 9.59 Å². The maximum Gasteiger partial charge on any atom is 0.234 e. The molecule has 2 aromatic carbocycles. The number of nitrogens with one attached hydrogen (secondary N) is 1. The molecule has 2 aliphatic rings. The van der Waals surface area contributed by atoms with Crippen LogP contribution in [0.5, 0.6) is 0 Å². The average molecular weight is 543 g/mol. The first-order chi connectivity index (χ1) is 18.4. The molecule has 2 heterocycles. The predicted octanol–water partition coefficient (Wildman–Crippen LogP) is 5.19. The molecule has 5 rings (SSSR count). The molecule has 0 saturated carbocycles. The molecule has 1 aliphatic heterocycles. The van der Waals surface area contributed by atoms with Crippen molar-refractivity contribution in [2.24, 2.45) is 5.73 Å². The lowest BCUT2D eigenvalue weighted by molar-refractivity contribution is -0.116. The molecule has 0 fully saturated rings. The minimum atomic E-state index is -0.508. The lowest BCUT2D eigenvalue weighted by Crippen LogP contribution is -2.38. The maximum atomic E-state index is 13.3. The zero-order valence-corrected chi connectivity index (χ0v) is 22.7. The van der Waals surface area contributed by atoms with Gasteiger partial charge in [0.2, 0.25) is 11.0 Å². The fourth-order valence-electron chi connectivity index (χ4n) is 4.80. The summed E-state index contributed by atoms with van der Waals surface area (Å²) in [6.45, 7) is 3.97. The fourth-order valence-corrected chi connectivity index (χ4v) is 6.48. The Balaban J connectivity index is 1.42. The lowest BCUT2D eigenvalue weighted by Gasteiger charge is -2.38. The minimum Gasteiger partial charge on any atom is -0.384 e. The number of nitriles is 1. The summed E-state index contributed by atoms with van der Waals surface area (Å²) in [4.78, 5) is 27.4.